The first-order valence-electron chi connectivity index (χ1n) is 8.14. The van der Waals surface area contributed by atoms with Crippen LogP contribution in [0.4, 0.5) is 23.4 Å². The number of benzene rings is 1. The molecule has 0 aliphatic carbocycles. The van der Waals surface area contributed by atoms with Crippen molar-refractivity contribution in [1.29, 1.82) is 0 Å². The molecule has 0 radical (unpaired) electrons. The maximum absolute atomic E-state index is 13.0. The van der Waals surface area contributed by atoms with Crippen molar-refractivity contribution in [2.45, 2.75) is 25.9 Å². The molecule has 0 aliphatic heterocycles. The van der Waals surface area contributed by atoms with Crippen molar-refractivity contribution < 1.29 is 22.4 Å². The van der Waals surface area contributed by atoms with Gasteiger partial charge in [-0.1, -0.05) is 35.3 Å². The summed E-state index contributed by atoms with van der Waals surface area (Å²) in [5, 5.41) is 10.5. The topological polar surface area (TPSA) is 64.7 Å². The van der Waals surface area contributed by atoms with E-state index in [0.717, 1.165) is 5.56 Å². The van der Waals surface area contributed by atoms with Gasteiger partial charge in [-0.15, -0.1) is 0 Å². The monoisotopic (exact) mass is 449 g/mol. The van der Waals surface area contributed by atoms with Crippen molar-refractivity contribution >= 4 is 34.9 Å². The Morgan fingerprint density at radius 2 is 1.76 bits per heavy atom. The lowest BCUT2D eigenvalue weighted by Crippen LogP contribution is -2.21. The quantitative estimate of drug-likeness (QED) is 0.519. The highest BCUT2D eigenvalue weighted by Crippen LogP contribution is 2.25. The summed E-state index contributed by atoms with van der Waals surface area (Å²) in [5.74, 6) is -0.792. The van der Waals surface area contributed by atoms with Gasteiger partial charge in [-0.3, -0.25) is 14.2 Å². The van der Waals surface area contributed by atoms with Crippen molar-refractivity contribution in [2.24, 2.45) is 0 Å². The molecule has 0 aliphatic rings. The molecule has 6 nitrogen and oxygen atoms in total. The molecule has 0 fully saturated rings. The normalized spacial score (nSPS) is 11.4. The Balaban J connectivity index is 1.70. The molecule has 0 unspecified atom stereocenters. The van der Waals surface area contributed by atoms with Crippen molar-refractivity contribution in [1.82, 2.24) is 19.6 Å². The highest BCUT2D eigenvalue weighted by molar-refractivity contribution is 6.33. The summed E-state index contributed by atoms with van der Waals surface area (Å²) in [6, 6.07) is 7.57. The molecular weight excluding hydrogens is 437 g/mol. The van der Waals surface area contributed by atoms with E-state index in [2.05, 4.69) is 15.5 Å². The zero-order valence-corrected chi connectivity index (χ0v) is 16.0. The third-order valence-electron chi connectivity index (χ3n) is 3.80. The number of hydrogen-bond acceptors (Lipinski definition) is 3. The molecule has 2 aromatic heterocycles. The minimum Gasteiger partial charge on any atom is -0.306 e. The summed E-state index contributed by atoms with van der Waals surface area (Å²) in [5.41, 5.74) is -0.739. The molecule has 1 N–H and O–H groups in total. The molecule has 1 amide bonds. The Bertz CT molecular complexity index is 1000. The maximum Gasteiger partial charge on any atom is 0.282 e. The predicted molar refractivity (Wildman–Crippen MR) is 98.6 cm³/mol. The van der Waals surface area contributed by atoms with Crippen molar-refractivity contribution in [3.05, 3.63) is 63.5 Å². The molecule has 0 saturated heterocycles. The van der Waals surface area contributed by atoms with Gasteiger partial charge in [0.1, 0.15) is 23.0 Å². The zero-order chi connectivity index (χ0) is 21.1. The van der Waals surface area contributed by atoms with Crippen LogP contribution in [0.3, 0.4) is 0 Å². The zero-order valence-electron chi connectivity index (χ0n) is 14.5. The molecule has 29 heavy (non-hydrogen) atoms. The molecule has 0 bridgehead atoms. The summed E-state index contributed by atoms with van der Waals surface area (Å²) in [6.45, 7) is -0.355. The van der Waals surface area contributed by atoms with Crippen LogP contribution in [-0.4, -0.2) is 25.5 Å². The lowest BCUT2D eigenvalue weighted by atomic mass is 10.2. The Hall–Kier alpha value is -2.59. The van der Waals surface area contributed by atoms with Crippen LogP contribution >= 0.6 is 23.2 Å². The van der Waals surface area contributed by atoms with Crippen molar-refractivity contribution in [2.75, 3.05) is 5.32 Å². The van der Waals surface area contributed by atoms with Gasteiger partial charge in [0.05, 0.1) is 6.54 Å². The SMILES string of the molecule is O=C(Cn1nc(C(F)F)cc1C(F)F)Nc1nn(Cc2ccc(Cl)cc2)cc1Cl. The fourth-order valence-electron chi connectivity index (χ4n) is 2.51. The molecule has 0 spiro atoms. The average molecular weight is 450 g/mol. The van der Waals surface area contributed by atoms with E-state index in [1.807, 2.05) is 0 Å². The maximum atomic E-state index is 13.0. The number of amides is 1. The van der Waals surface area contributed by atoms with Gasteiger partial charge in [-0.05, 0) is 23.8 Å². The molecule has 3 rings (SSSR count). The van der Waals surface area contributed by atoms with E-state index in [4.69, 9.17) is 23.2 Å². The standard InChI is InChI=1S/C17H13Cl2F4N5O/c18-10-3-1-9(2-4-10)6-27-7-11(19)17(26-27)24-14(29)8-28-13(16(22)23)5-12(25-28)15(20)21/h1-5,7,15-16H,6,8H2,(H,24,26,29). The second kappa shape index (κ2) is 8.83. The van der Waals surface area contributed by atoms with E-state index in [1.54, 1.807) is 24.3 Å². The summed E-state index contributed by atoms with van der Waals surface area (Å²) in [7, 11) is 0. The summed E-state index contributed by atoms with van der Waals surface area (Å²) in [4.78, 5) is 12.2. The number of carbonyl (C=O) groups is 1. The van der Waals surface area contributed by atoms with Crippen LogP contribution in [0.2, 0.25) is 10.0 Å². The third kappa shape index (κ3) is 5.27. The van der Waals surface area contributed by atoms with Gasteiger partial charge in [-0.25, -0.2) is 17.6 Å². The number of nitrogens with zero attached hydrogens (tertiary/aromatic N) is 4. The highest BCUT2D eigenvalue weighted by atomic mass is 35.5. The average Bonchev–Trinajstić information content (AvgIpc) is 3.21. The molecule has 12 heteroatoms. The summed E-state index contributed by atoms with van der Waals surface area (Å²) < 4.78 is 53.4. The number of aromatic nitrogens is 4. The fraction of sp³-hybridized carbons (Fsp3) is 0.235. The van der Waals surface area contributed by atoms with E-state index >= 15 is 0 Å². The number of rotatable bonds is 7. The van der Waals surface area contributed by atoms with Crippen molar-refractivity contribution in [3.8, 4) is 0 Å². The minimum atomic E-state index is -3.06. The minimum absolute atomic E-state index is 0.00506. The fourth-order valence-corrected chi connectivity index (χ4v) is 2.83. The molecule has 3 aromatic rings. The van der Waals surface area contributed by atoms with Crippen LogP contribution in [-0.2, 0) is 17.9 Å². The van der Waals surface area contributed by atoms with Crippen LogP contribution in [0.15, 0.2) is 36.5 Å². The van der Waals surface area contributed by atoms with Crippen molar-refractivity contribution in [3.63, 3.8) is 0 Å². The molecule has 1 aromatic carbocycles. The number of anilines is 1. The smallest absolute Gasteiger partial charge is 0.282 e. The lowest BCUT2D eigenvalue weighted by molar-refractivity contribution is -0.117. The first kappa shape index (κ1) is 21.1. The second-order valence-corrected chi connectivity index (χ2v) is 6.79. The molecular formula is C17H13Cl2F4N5O. The number of hydrogen-bond donors (Lipinski definition) is 1. The second-order valence-electron chi connectivity index (χ2n) is 5.95. The van der Waals surface area contributed by atoms with E-state index in [1.165, 1.54) is 10.9 Å². The number of carbonyl (C=O) groups excluding carboxylic acids is 1. The highest BCUT2D eigenvalue weighted by Gasteiger charge is 2.23. The summed E-state index contributed by atoms with van der Waals surface area (Å²) in [6.07, 6.45) is -4.63. The Kier molecular flexibility index (Phi) is 6.43. The molecule has 0 saturated carbocycles. The van der Waals surface area contributed by atoms with Gasteiger partial charge in [-0.2, -0.15) is 10.2 Å². The molecule has 154 valence electrons. The van der Waals surface area contributed by atoms with Gasteiger partial charge >= 0.3 is 0 Å². The Morgan fingerprint density at radius 1 is 1.07 bits per heavy atom. The van der Waals surface area contributed by atoms with Crippen LogP contribution in [0.1, 0.15) is 29.8 Å². The first-order chi connectivity index (χ1) is 13.7. The first-order valence-corrected chi connectivity index (χ1v) is 8.89. The Morgan fingerprint density at radius 3 is 2.38 bits per heavy atom. The van der Waals surface area contributed by atoms with Crippen LogP contribution in [0, 0.1) is 0 Å². The van der Waals surface area contributed by atoms with Gasteiger partial charge < -0.3 is 5.32 Å². The third-order valence-corrected chi connectivity index (χ3v) is 4.33. The lowest BCUT2D eigenvalue weighted by Gasteiger charge is -2.07. The Labute approximate surface area is 172 Å². The van der Waals surface area contributed by atoms with E-state index < -0.39 is 36.7 Å². The van der Waals surface area contributed by atoms with E-state index in [9.17, 15) is 22.4 Å². The summed E-state index contributed by atoms with van der Waals surface area (Å²) >= 11 is 11.9. The van der Waals surface area contributed by atoms with Crippen LogP contribution in [0.25, 0.3) is 0 Å². The van der Waals surface area contributed by atoms with Gasteiger partial charge in [0.25, 0.3) is 12.9 Å². The van der Waals surface area contributed by atoms with E-state index in [0.29, 0.717) is 22.3 Å². The number of alkyl halides is 4. The number of halogens is 6. The predicted octanol–water partition coefficient (Wildman–Crippen LogP) is 4.95. The number of nitrogens with one attached hydrogen (secondary N) is 1. The van der Waals surface area contributed by atoms with Gasteiger partial charge in [0.15, 0.2) is 5.82 Å². The van der Waals surface area contributed by atoms with Gasteiger partial charge in [0.2, 0.25) is 5.91 Å². The van der Waals surface area contributed by atoms with Crippen LogP contribution in [0.5, 0.6) is 0 Å². The van der Waals surface area contributed by atoms with Gasteiger partial charge in [0, 0.05) is 11.2 Å². The van der Waals surface area contributed by atoms with Crippen LogP contribution < -0.4 is 5.32 Å². The molecule has 2 heterocycles. The largest absolute Gasteiger partial charge is 0.306 e. The molecule has 0 atom stereocenters. The van der Waals surface area contributed by atoms with E-state index in [-0.39, 0.29) is 10.8 Å².